The number of ether oxygens (including phenoxy) is 2. The molecule has 1 unspecified atom stereocenters. The summed E-state index contributed by atoms with van der Waals surface area (Å²) in [5, 5.41) is 22.1. The van der Waals surface area contributed by atoms with Gasteiger partial charge in [-0.2, -0.15) is 0 Å². The van der Waals surface area contributed by atoms with Crippen molar-refractivity contribution >= 4 is 12.1 Å². The molecule has 0 bridgehead atoms. The normalized spacial score (nSPS) is 13.0. The van der Waals surface area contributed by atoms with Crippen molar-refractivity contribution in [2.24, 2.45) is 0 Å². The standard InChI is InChI=1S/C25H23NO6/c1-31-15-10-11-20(23(27)12-15)22(13-24(28)29)26-25(30)32-14-21-18-8-4-2-6-16(18)17-7-3-5-9-19(17)21/h2-12,21-22,27H,13-14H2,1H3,(H,26,30)(H,28,29). The van der Waals surface area contributed by atoms with Crippen LogP contribution in [0.1, 0.15) is 35.1 Å². The van der Waals surface area contributed by atoms with Gasteiger partial charge < -0.3 is 25.0 Å². The van der Waals surface area contributed by atoms with Gasteiger partial charge in [-0.3, -0.25) is 4.79 Å². The van der Waals surface area contributed by atoms with Crippen molar-refractivity contribution in [3.63, 3.8) is 0 Å². The number of amides is 1. The Kier molecular flexibility index (Phi) is 5.98. The van der Waals surface area contributed by atoms with Crippen molar-refractivity contribution in [3.8, 4) is 22.6 Å². The number of carbonyl (C=O) groups excluding carboxylic acids is 1. The van der Waals surface area contributed by atoms with Crippen LogP contribution in [0.2, 0.25) is 0 Å². The molecule has 164 valence electrons. The van der Waals surface area contributed by atoms with Crippen molar-refractivity contribution in [1.82, 2.24) is 5.32 Å². The van der Waals surface area contributed by atoms with E-state index < -0.39 is 24.5 Å². The van der Waals surface area contributed by atoms with Gasteiger partial charge in [0.1, 0.15) is 18.1 Å². The van der Waals surface area contributed by atoms with Crippen molar-refractivity contribution in [3.05, 3.63) is 83.4 Å². The van der Waals surface area contributed by atoms with E-state index in [2.05, 4.69) is 5.32 Å². The van der Waals surface area contributed by atoms with Gasteiger partial charge in [-0.15, -0.1) is 0 Å². The van der Waals surface area contributed by atoms with E-state index >= 15 is 0 Å². The molecule has 4 rings (SSSR count). The van der Waals surface area contributed by atoms with Crippen LogP contribution in [0, 0.1) is 0 Å². The second kappa shape index (κ2) is 9.01. The Labute approximate surface area is 185 Å². The molecular weight excluding hydrogens is 410 g/mol. The summed E-state index contributed by atoms with van der Waals surface area (Å²) in [5.74, 6) is -0.986. The van der Waals surface area contributed by atoms with Crippen LogP contribution in [-0.2, 0) is 9.53 Å². The molecular formula is C25H23NO6. The molecule has 1 amide bonds. The van der Waals surface area contributed by atoms with Gasteiger partial charge >= 0.3 is 12.1 Å². The Bertz CT molecular complexity index is 1110. The summed E-state index contributed by atoms with van der Waals surface area (Å²) in [7, 11) is 1.46. The highest BCUT2D eigenvalue weighted by atomic mass is 16.5. The summed E-state index contributed by atoms with van der Waals surface area (Å²) < 4.78 is 10.6. The zero-order valence-electron chi connectivity index (χ0n) is 17.4. The number of phenolic OH excluding ortho intramolecular Hbond substituents is 1. The Hall–Kier alpha value is -4.00. The monoisotopic (exact) mass is 433 g/mol. The van der Waals surface area contributed by atoms with E-state index in [1.807, 2.05) is 48.5 Å². The van der Waals surface area contributed by atoms with Crippen LogP contribution in [0.4, 0.5) is 4.79 Å². The quantitative estimate of drug-likeness (QED) is 0.508. The topological polar surface area (TPSA) is 105 Å². The van der Waals surface area contributed by atoms with E-state index in [1.54, 1.807) is 6.07 Å². The summed E-state index contributed by atoms with van der Waals surface area (Å²) in [6.45, 7) is 0.105. The molecule has 3 aromatic carbocycles. The molecule has 3 aromatic rings. The van der Waals surface area contributed by atoms with Crippen LogP contribution in [0.3, 0.4) is 0 Å². The number of nitrogens with one attached hydrogen (secondary N) is 1. The van der Waals surface area contributed by atoms with Crippen molar-refractivity contribution < 1.29 is 29.3 Å². The first-order chi connectivity index (χ1) is 15.5. The average Bonchev–Trinajstić information content (AvgIpc) is 3.10. The number of methoxy groups -OCH3 is 1. The molecule has 0 fully saturated rings. The van der Waals surface area contributed by atoms with Gasteiger partial charge in [-0.1, -0.05) is 48.5 Å². The summed E-state index contributed by atoms with van der Waals surface area (Å²) in [4.78, 5) is 23.9. The molecule has 0 aromatic heterocycles. The van der Waals surface area contributed by atoms with Crippen LogP contribution in [-0.4, -0.2) is 36.0 Å². The van der Waals surface area contributed by atoms with E-state index in [0.717, 1.165) is 22.3 Å². The van der Waals surface area contributed by atoms with Gasteiger partial charge in [-0.05, 0) is 34.4 Å². The van der Waals surface area contributed by atoms with E-state index in [0.29, 0.717) is 5.75 Å². The minimum atomic E-state index is -1.12. The van der Waals surface area contributed by atoms with E-state index in [1.165, 1.54) is 19.2 Å². The number of carboxylic acids is 1. The lowest BCUT2D eigenvalue weighted by molar-refractivity contribution is -0.137. The Morgan fingerprint density at radius 2 is 1.62 bits per heavy atom. The zero-order chi connectivity index (χ0) is 22.7. The van der Waals surface area contributed by atoms with Gasteiger partial charge in [0.15, 0.2) is 0 Å². The van der Waals surface area contributed by atoms with Gasteiger partial charge in [0, 0.05) is 17.5 Å². The van der Waals surface area contributed by atoms with Gasteiger partial charge in [-0.25, -0.2) is 4.79 Å². The number of aliphatic carboxylic acids is 1. The highest BCUT2D eigenvalue weighted by Gasteiger charge is 2.29. The first kappa shape index (κ1) is 21.2. The number of phenols is 1. The molecule has 0 aliphatic heterocycles. The van der Waals surface area contributed by atoms with Crippen LogP contribution in [0.15, 0.2) is 66.7 Å². The van der Waals surface area contributed by atoms with E-state index in [4.69, 9.17) is 9.47 Å². The lowest BCUT2D eigenvalue weighted by atomic mass is 9.98. The Balaban J connectivity index is 1.49. The third-order valence-corrected chi connectivity index (χ3v) is 5.63. The first-order valence-electron chi connectivity index (χ1n) is 10.2. The largest absolute Gasteiger partial charge is 0.507 e. The molecule has 3 N–H and O–H groups in total. The average molecular weight is 433 g/mol. The smallest absolute Gasteiger partial charge is 0.407 e. The minimum absolute atomic E-state index is 0.105. The van der Waals surface area contributed by atoms with E-state index in [9.17, 15) is 19.8 Å². The van der Waals surface area contributed by atoms with Crippen LogP contribution >= 0.6 is 0 Å². The number of alkyl carbamates (subject to hydrolysis) is 1. The number of rotatable bonds is 7. The maximum absolute atomic E-state index is 12.6. The lowest BCUT2D eigenvalue weighted by Crippen LogP contribution is -2.31. The molecule has 0 saturated heterocycles. The fourth-order valence-corrected chi connectivity index (χ4v) is 4.14. The summed E-state index contributed by atoms with van der Waals surface area (Å²) in [6, 6.07) is 19.5. The predicted octanol–water partition coefficient (Wildman–Crippen LogP) is 4.46. The highest BCUT2D eigenvalue weighted by molar-refractivity contribution is 5.79. The van der Waals surface area contributed by atoms with Crippen molar-refractivity contribution in [1.29, 1.82) is 0 Å². The second-order valence-corrected chi connectivity index (χ2v) is 7.55. The highest BCUT2D eigenvalue weighted by Crippen LogP contribution is 2.44. The molecule has 0 saturated carbocycles. The molecule has 1 atom stereocenters. The first-order valence-corrected chi connectivity index (χ1v) is 10.2. The summed E-state index contributed by atoms with van der Waals surface area (Å²) in [5.41, 5.74) is 4.66. The summed E-state index contributed by atoms with van der Waals surface area (Å²) >= 11 is 0. The van der Waals surface area contributed by atoms with Crippen LogP contribution in [0.5, 0.6) is 11.5 Å². The zero-order valence-corrected chi connectivity index (χ0v) is 17.4. The number of hydrogen-bond donors (Lipinski definition) is 3. The Morgan fingerprint density at radius 1 is 1.00 bits per heavy atom. The van der Waals surface area contributed by atoms with Gasteiger partial charge in [0.25, 0.3) is 0 Å². The predicted molar refractivity (Wildman–Crippen MR) is 118 cm³/mol. The SMILES string of the molecule is COc1ccc(C(CC(=O)O)NC(=O)OCC2c3ccccc3-c3ccccc32)c(O)c1. The molecule has 0 radical (unpaired) electrons. The molecule has 0 spiro atoms. The third kappa shape index (κ3) is 4.23. The minimum Gasteiger partial charge on any atom is -0.507 e. The number of fused-ring (bicyclic) bond motifs is 3. The third-order valence-electron chi connectivity index (χ3n) is 5.63. The molecule has 1 aliphatic rings. The van der Waals surface area contributed by atoms with Crippen molar-refractivity contribution in [2.45, 2.75) is 18.4 Å². The second-order valence-electron chi connectivity index (χ2n) is 7.55. The number of hydrogen-bond acceptors (Lipinski definition) is 5. The number of carbonyl (C=O) groups is 2. The fourth-order valence-electron chi connectivity index (χ4n) is 4.14. The number of carboxylic acid groups (broad SMARTS) is 1. The molecule has 0 heterocycles. The molecule has 1 aliphatic carbocycles. The van der Waals surface area contributed by atoms with Crippen LogP contribution < -0.4 is 10.1 Å². The number of aromatic hydroxyl groups is 1. The number of benzene rings is 3. The maximum Gasteiger partial charge on any atom is 0.407 e. The molecule has 7 heteroatoms. The molecule has 32 heavy (non-hydrogen) atoms. The molecule has 7 nitrogen and oxygen atoms in total. The Morgan fingerprint density at radius 3 is 2.19 bits per heavy atom. The summed E-state index contributed by atoms with van der Waals surface area (Å²) in [6.07, 6.45) is -1.17. The van der Waals surface area contributed by atoms with Crippen molar-refractivity contribution in [2.75, 3.05) is 13.7 Å². The van der Waals surface area contributed by atoms with Crippen LogP contribution in [0.25, 0.3) is 11.1 Å². The van der Waals surface area contributed by atoms with Gasteiger partial charge in [0.2, 0.25) is 0 Å². The maximum atomic E-state index is 12.6. The van der Waals surface area contributed by atoms with Gasteiger partial charge in [0.05, 0.1) is 19.6 Å². The lowest BCUT2D eigenvalue weighted by Gasteiger charge is -2.20. The van der Waals surface area contributed by atoms with E-state index in [-0.39, 0.29) is 23.8 Å². The fraction of sp³-hybridized carbons (Fsp3) is 0.200.